The van der Waals surface area contributed by atoms with Crippen molar-refractivity contribution in [2.45, 2.75) is 0 Å². The second kappa shape index (κ2) is 6.30. The van der Waals surface area contributed by atoms with Crippen molar-refractivity contribution in [1.82, 2.24) is 4.98 Å². The molecule has 0 saturated heterocycles. The minimum absolute atomic E-state index is 0.194. The van der Waals surface area contributed by atoms with Crippen molar-refractivity contribution in [1.29, 1.82) is 0 Å². The van der Waals surface area contributed by atoms with Gasteiger partial charge in [0.25, 0.3) is 0 Å². The summed E-state index contributed by atoms with van der Waals surface area (Å²) in [5.41, 5.74) is 2.16. The van der Waals surface area contributed by atoms with E-state index in [-0.39, 0.29) is 5.78 Å². The smallest absolute Gasteiger partial charge is 0.187 e. The summed E-state index contributed by atoms with van der Waals surface area (Å²) in [6.07, 6.45) is 4.92. The standard InChI is InChI=1S/C18H11Cl2NO/c19-14-6-7-16(20)15(10-14)18(22)8-5-12-9-13-3-1-2-4-17(13)21-11-12/h1-11H. The number of carbonyl (C=O) groups is 1. The van der Waals surface area contributed by atoms with Gasteiger partial charge in [-0.15, -0.1) is 0 Å². The fourth-order valence-corrected chi connectivity index (χ4v) is 2.51. The van der Waals surface area contributed by atoms with E-state index in [0.29, 0.717) is 15.6 Å². The lowest BCUT2D eigenvalue weighted by Crippen LogP contribution is -1.95. The van der Waals surface area contributed by atoms with Gasteiger partial charge in [-0.25, -0.2) is 0 Å². The SMILES string of the molecule is O=C(C=Cc1cnc2ccccc2c1)c1cc(Cl)ccc1Cl. The summed E-state index contributed by atoms with van der Waals surface area (Å²) >= 11 is 11.9. The van der Waals surface area contributed by atoms with E-state index in [1.165, 1.54) is 6.08 Å². The number of allylic oxidation sites excluding steroid dienone is 1. The molecular weight excluding hydrogens is 317 g/mol. The average Bonchev–Trinajstić information content (AvgIpc) is 2.54. The van der Waals surface area contributed by atoms with Crippen molar-refractivity contribution in [2.75, 3.05) is 0 Å². The minimum Gasteiger partial charge on any atom is -0.289 e. The van der Waals surface area contributed by atoms with Gasteiger partial charge in [0, 0.05) is 22.2 Å². The van der Waals surface area contributed by atoms with E-state index in [0.717, 1.165) is 16.5 Å². The van der Waals surface area contributed by atoms with Crippen LogP contribution in [0.15, 0.2) is 60.8 Å². The molecule has 0 fully saturated rings. The van der Waals surface area contributed by atoms with E-state index in [2.05, 4.69) is 4.98 Å². The Morgan fingerprint density at radius 1 is 1.05 bits per heavy atom. The van der Waals surface area contributed by atoms with E-state index in [1.54, 1.807) is 30.5 Å². The zero-order valence-corrected chi connectivity index (χ0v) is 13.0. The number of rotatable bonds is 3. The van der Waals surface area contributed by atoms with Gasteiger partial charge in [-0.3, -0.25) is 9.78 Å². The predicted molar refractivity (Wildman–Crippen MR) is 91.6 cm³/mol. The summed E-state index contributed by atoms with van der Waals surface area (Å²) in [5, 5.41) is 1.89. The Labute approximate surface area is 138 Å². The highest BCUT2D eigenvalue weighted by Gasteiger charge is 2.08. The molecule has 0 aliphatic rings. The largest absolute Gasteiger partial charge is 0.289 e. The Morgan fingerprint density at radius 3 is 2.73 bits per heavy atom. The van der Waals surface area contributed by atoms with Gasteiger partial charge in [0.05, 0.1) is 10.5 Å². The average molecular weight is 328 g/mol. The molecule has 108 valence electrons. The van der Waals surface area contributed by atoms with Crippen LogP contribution in [-0.2, 0) is 0 Å². The summed E-state index contributed by atoms with van der Waals surface area (Å²) in [5.74, 6) is -0.194. The second-order valence-electron chi connectivity index (χ2n) is 4.78. The van der Waals surface area contributed by atoms with Gasteiger partial charge in [-0.1, -0.05) is 41.4 Å². The fraction of sp³-hybridized carbons (Fsp3) is 0. The van der Waals surface area contributed by atoms with E-state index >= 15 is 0 Å². The Bertz CT molecular complexity index is 887. The van der Waals surface area contributed by atoms with Crippen LogP contribution < -0.4 is 0 Å². The third kappa shape index (κ3) is 3.19. The molecule has 1 heterocycles. The van der Waals surface area contributed by atoms with Gasteiger partial charge in [0.15, 0.2) is 5.78 Å². The molecule has 22 heavy (non-hydrogen) atoms. The Hall–Kier alpha value is -2.16. The van der Waals surface area contributed by atoms with E-state index < -0.39 is 0 Å². The van der Waals surface area contributed by atoms with Gasteiger partial charge in [0.2, 0.25) is 0 Å². The minimum atomic E-state index is -0.194. The van der Waals surface area contributed by atoms with Gasteiger partial charge in [-0.05, 0) is 48.0 Å². The Kier molecular flexibility index (Phi) is 4.23. The van der Waals surface area contributed by atoms with Crippen molar-refractivity contribution >= 4 is 46.0 Å². The molecule has 0 atom stereocenters. The van der Waals surface area contributed by atoms with Crippen molar-refractivity contribution in [3.8, 4) is 0 Å². The van der Waals surface area contributed by atoms with E-state index in [9.17, 15) is 4.79 Å². The second-order valence-corrected chi connectivity index (χ2v) is 5.63. The predicted octanol–water partition coefficient (Wildman–Crippen LogP) is 5.44. The van der Waals surface area contributed by atoms with Crippen molar-refractivity contribution < 1.29 is 4.79 Å². The number of ketones is 1. The topological polar surface area (TPSA) is 30.0 Å². The van der Waals surface area contributed by atoms with Gasteiger partial charge in [-0.2, -0.15) is 0 Å². The van der Waals surface area contributed by atoms with Crippen LogP contribution in [0.4, 0.5) is 0 Å². The van der Waals surface area contributed by atoms with Gasteiger partial charge in [0.1, 0.15) is 0 Å². The number of para-hydroxylation sites is 1. The van der Waals surface area contributed by atoms with E-state index in [4.69, 9.17) is 23.2 Å². The zero-order chi connectivity index (χ0) is 15.5. The molecule has 0 saturated carbocycles. The maximum atomic E-state index is 12.2. The van der Waals surface area contributed by atoms with E-state index in [1.807, 2.05) is 30.3 Å². The molecule has 0 unspecified atom stereocenters. The van der Waals surface area contributed by atoms with Gasteiger partial charge >= 0.3 is 0 Å². The molecule has 0 amide bonds. The van der Waals surface area contributed by atoms with Crippen LogP contribution in [0.5, 0.6) is 0 Å². The molecule has 0 aliphatic carbocycles. The number of nitrogens with zero attached hydrogens (tertiary/aromatic N) is 1. The monoisotopic (exact) mass is 327 g/mol. The first kappa shape index (κ1) is 14.8. The molecule has 0 aliphatic heterocycles. The summed E-state index contributed by atoms with van der Waals surface area (Å²) in [7, 11) is 0. The number of aromatic nitrogens is 1. The fourth-order valence-electron chi connectivity index (χ4n) is 2.13. The molecule has 2 aromatic carbocycles. The Balaban J connectivity index is 1.88. The third-order valence-corrected chi connectivity index (χ3v) is 3.80. The summed E-state index contributed by atoms with van der Waals surface area (Å²) in [6.45, 7) is 0. The number of hydrogen-bond donors (Lipinski definition) is 0. The van der Waals surface area contributed by atoms with Crippen LogP contribution in [0, 0.1) is 0 Å². The van der Waals surface area contributed by atoms with Crippen molar-refractivity contribution in [2.24, 2.45) is 0 Å². The van der Waals surface area contributed by atoms with Gasteiger partial charge < -0.3 is 0 Å². The number of halogens is 2. The van der Waals surface area contributed by atoms with Crippen LogP contribution in [0.1, 0.15) is 15.9 Å². The highest BCUT2D eigenvalue weighted by molar-refractivity contribution is 6.36. The molecule has 1 aromatic heterocycles. The number of carbonyl (C=O) groups excluding carboxylic acids is 1. The van der Waals surface area contributed by atoms with Crippen molar-refractivity contribution in [3.63, 3.8) is 0 Å². The first-order chi connectivity index (χ1) is 10.6. The highest BCUT2D eigenvalue weighted by Crippen LogP contribution is 2.22. The third-order valence-electron chi connectivity index (χ3n) is 3.23. The lowest BCUT2D eigenvalue weighted by molar-refractivity contribution is 0.104. The molecule has 3 aromatic rings. The summed E-state index contributed by atoms with van der Waals surface area (Å²) in [6, 6.07) is 14.6. The van der Waals surface area contributed by atoms with Crippen LogP contribution in [0.2, 0.25) is 10.0 Å². The number of hydrogen-bond acceptors (Lipinski definition) is 2. The maximum absolute atomic E-state index is 12.2. The van der Waals surface area contributed by atoms with Crippen LogP contribution in [-0.4, -0.2) is 10.8 Å². The molecule has 0 N–H and O–H groups in total. The highest BCUT2D eigenvalue weighted by atomic mass is 35.5. The van der Waals surface area contributed by atoms with Crippen LogP contribution >= 0.6 is 23.2 Å². The lowest BCUT2D eigenvalue weighted by Gasteiger charge is -2.01. The number of fused-ring (bicyclic) bond motifs is 1. The van der Waals surface area contributed by atoms with Crippen molar-refractivity contribution in [3.05, 3.63) is 82.0 Å². The number of benzene rings is 2. The molecular formula is C18H11Cl2NO. The first-order valence-electron chi connectivity index (χ1n) is 6.66. The summed E-state index contributed by atoms with van der Waals surface area (Å²) in [4.78, 5) is 16.6. The first-order valence-corrected chi connectivity index (χ1v) is 7.41. The molecule has 0 bridgehead atoms. The normalized spacial score (nSPS) is 11.2. The van der Waals surface area contributed by atoms with Crippen LogP contribution in [0.3, 0.4) is 0 Å². The number of pyridine rings is 1. The molecule has 4 heteroatoms. The maximum Gasteiger partial charge on any atom is 0.187 e. The summed E-state index contributed by atoms with van der Waals surface area (Å²) < 4.78 is 0. The lowest BCUT2D eigenvalue weighted by atomic mass is 10.1. The molecule has 3 rings (SSSR count). The quantitative estimate of drug-likeness (QED) is 0.473. The zero-order valence-electron chi connectivity index (χ0n) is 11.5. The molecule has 2 nitrogen and oxygen atoms in total. The Morgan fingerprint density at radius 2 is 1.86 bits per heavy atom. The molecule has 0 radical (unpaired) electrons. The van der Waals surface area contributed by atoms with Crippen LogP contribution in [0.25, 0.3) is 17.0 Å². The molecule has 0 spiro atoms.